The third-order valence-corrected chi connectivity index (χ3v) is 14.7. The number of rotatable bonds is 13. The van der Waals surface area contributed by atoms with Gasteiger partial charge in [-0.05, 0) is 66.6 Å². The second-order valence-electron chi connectivity index (χ2n) is 13.5. The lowest BCUT2D eigenvalue weighted by atomic mass is 9.82. The number of aliphatic hydroxyl groups excluding tert-OH is 1. The molecule has 4 atom stereocenters. The van der Waals surface area contributed by atoms with E-state index in [0.29, 0.717) is 42.9 Å². The lowest BCUT2D eigenvalue weighted by Gasteiger charge is -2.37. The molecule has 2 aliphatic rings. The van der Waals surface area contributed by atoms with E-state index in [1.54, 1.807) is 54.1 Å². The van der Waals surface area contributed by atoms with Gasteiger partial charge in [-0.1, -0.05) is 48.6 Å². The SMILES string of the molecule is C=CCN1C(=O)[C@@]2(O[C@@H](CCn3cc(CCO)nn3)[C@H]([Si](C)(C)c3ccc(OC)cc3)[C@H]2C)c2cc(NC(=O)c3ccc(OC)cc3)ccc21. The van der Waals surface area contributed by atoms with Gasteiger partial charge in [-0.15, -0.1) is 11.7 Å². The summed E-state index contributed by atoms with van der Waals surface area (Å²) in [5, 5.41) is 22.1. The van der Waals surface area contributed by atoms with E-state index in [0.717, 1.165) is 22.7 Å². The van der Waals surface area contributed by atoms with E-state index in [9.17, 15) is 14.7 Å². The van der Waals surface area contributed by atoms with Gasteiger partial charge in [0.25, 0.3) is 11.8 Å². The Kier molecular flexibility index (Phi) is 9.97. The number of aliphatic hydroxyl groups is 1. The van der Waals surface area contributed by atoms with Crippen LogP contribution in [0.25, 0.3) is 0 Å². The van der Waals surface area contributed by atoms with E-state index < -0.39 is 13.7 Å². The van der Waals surface area contributed by atoms with Gasteiger partial charge in [0.1, 0.15) is 11.5 Å². The predicted octanol–water partition coefficient (Wildman–Crippen LogP) is 4.92. The molecule has 0 aliphatic carbocycles. The van der Waals surface area contributed by atoms with Gasteiger partial charge in [0.15, 0.2) is 5.60 Å². The highest BCUT2D eigenvalue weighted by Crippen LogP contribution is 2.60. The highest BCUT2D eigenvalue weighted by Gasteiger charge is 2.66. The number of ether oxygens (including phenoxy) is 3. The molecule has 2 aliphatic heterocycles. The molecule has 2 N–H and O–H groups in total. The van der Waals surface area contributed by atoms with Crippen LogP contribution in [0.2, 0.25) is 18.6 Å². The average Bonchev–Trinajstić information content (AvgIpc) is 3.77. The first kappa shape index (κ1) is 35.1. The predicted molar refractivity (Wildman–Crippen MR) is 195 cm³/mol. The average molecular weight is 696 g/mol. The maximum atomic E-state index is 14.8. The van der Waals surface area contributed by atoms with Crippen molar-refractivity contribution in [3.63, 3.8) is 0 Å². The Morgan fingerprint density at radius 2 is 1.76 bits per heavy atom. The van der Waals surface area contributed by atoms with E-state index in [1.165, 1.54) is 5.19 Å². The zero-order valence-electron chi connectivity index (χ0n) is 29.3. The molecule has 0 radical (unpaired) electrons. The van der Waals surface area contributed by atoms with Gasteiger partial charge in [-0.2, -0.15) is 0 Å². The highest BCUT2D eigenvalue weighted by atomic mass is 28.3. The fourth-order valence-corrected chi connectivity index (χ4v) is 11.9. The van der Waals surface area contributed by atoms with Crippen LogP contribution in [-0.4, -0.2) is 73.5 Å². The van der Waals surface area contributed by atoms with Crippen molar-refractivity contribution in [3.8, 4) is 11.5 Å². The summed E-state index contributed by atoms with van der Waals surface area (Å²) >= 11 is 0. The molecular formula is C38H45N5O6Si. The number of carbonyl (C=O) groups is 2. The Hall–Kier alpha value is -4.78. The van der Waals surface area contributed by atoms with Gasteiger partial charge in [-0.3, -0.25) is 14.3 Å². The molecule has 262 valence electrons. The lowest BCUT2D eigenvalue weighted by Crippen LogP contribution is -2.51. The van der Waals surface area contributed by atoms with Crippen LogP contribution < -0.4 is 24.9 Å². The quantitative estimate of drug-likeness (QED) is 0.149. The van der Waals surface area contributed by atoms with Gasteiger partial charge in [0.05, 0.1) is 39.8 Å². The van der Waals surface area contributed by atoms with Crippen LogP contribution in [0.3, 0.4) is 0 Å². The summed E-state index contributed by atoms with van der Waals surface area (Å²) in [5.74, 6) is 0.832. The first-order valence-corrected chi connectivity index (χ1v) is 20.0. The van der Waals surface area contributed by atoms with E-state index in [1.807, 2.05) is 36.5 Å². The molecule has 50 heavy (non-hydrogen) atoms. The molecule has 1 saturated heterocycles. The number of aryl methyl sites for hydroxylation is 1. The molecule has 1 aromatic heterocycles. The zero-order valence-corrected chi connectivity index (χ0v) is 30.3. The Labute approximate surface area is 293 Å². The monoisotopic (exact) mass is 695 g/mol. The number of fused-ring (bicyclic) bond motifs is 2. The Balaban J connectivity index is 1.40. The van der Waals surface area contributed by atoms with Crippen molar-refractivity contribution in [1.29, 1.82) is 0 Å². The molecule has 12 heteroatoms. The number of hydrogen-bond donors (Lipinski definition) is 2. The molecule has 4 aromatic rings. The number of benzene rings is 3. The molecule has 0 bridgehead atoms. The smallest absolute Gasteiger partial charge is 0.264 e. The normalized spacial score (nSPS) is 21.4. The number of amides is 2. The molecule has 1 spiro atoms. The molecule has 3 heterocycles. The van der Waals surface area contributed by atoms with Crippen molar-refractivity contribution in [2.24, 2.45) is 5.92 Å². The number of anilines is 2. The molecule has 0 saturated carbocycles. The first-order chi connectivity index (χ1) is 24.1. The van der Waals surface area contributed by atoms with Crippen LogP contribution in [0.4, 0.5) is 11.4 Å². The molecule has 1 fully saturated rings. The molecule has 11 nitrogen and oxygen atoms in total. The van der Waals surface area contributed by atoms with Gasteiger partial charge in [-0.25, -0.2) is 0 Å². The second-order valence-corrected chi connectivity index (χ2v) is 18.2. The molecule has 3 aromatic carbocycles. The van der Waals surface area contributed by atoms with Crippen molar-refractivity contribution < 1.29 is 28.9 Å². The Bertz CT molecular complexity index is 1860. The third kappa shape index (κ3) is 6.23. The van der Waals surface area contributed by atoms with Gasteiger partial charge in [0.2, 0.25) is 0 Å². The van der Waals surface area contributed by atoms with Crippen molar-refractivity contribution in [2.75, 3.05) is 37.6 Å². The van der Waals surface area contributed by atoms with Crippen molar-refractivity contribution in [1.82, 2.24) is 15.0 Å². The van der Waals surface area contributed by atoms with Crippen molar-refractivity contribution in [2.45, 2.75) is 56.7 Å². The topological polar surface area (TPSA) is 128 Å². The number of nitrogens with zero attached hydrogens (tertiary/aromatic N) is 4. The largest absolute Gasteiger partial charge is 0.497 e. The zero-order chi connectivity index (χ0) is 35.6. The lowest BCUT2D eigenvalue weighted by molar-refractivity contribution is -0.145. The van der Waals surface area contributed by atoms with E-state index in [-0.39, 0.29) is 36.0 Å². The summed E-state index contributed by atoms with van der Waals surface area (Å²) < 4.78 is 19.7. The molecular weight excluding hydrogens is 651 g/mol. The fraction of sp³-hybridized carbons (Fsp3) is 0.368. The maximum Gasteiger partial charge on any atom is 0.264 e. The summed E-state index contributed by atoms with van der Waals surface area (Å²) in [6, 6.07) is 20.8. The summed E-state index contributed by atoms with van der Waals surface area (Å²) in [6.45, 7) is 11.6. The minimum absolute atomic E-state index is 0.000539. The maximum absolute atomic E-state index is 14.8. The first-order valence-electron chi connectivity index (χ1n) is 16.9. The van der Waals surface area contributed by atoms with Gasteiger partial charge >= 0.3 is 0 Å². The summed E-state index contributed by atoms with van der Waals surface area (Å²) in [7, 11) is 0.880. The standard InChI is InChI=1S/C38H45N5O6Si/c1-7-20-43-33-17-10-27(39-36(45)26-8-11-29(47-3)12-9-26)23-32(33)38(37(43)46)25(2)35(50(5,6)31-15-13-30(48-4)14-16-31)34(49-38)18-21-42-24-28(19-22-44)40-41-42/h7-17,23-25,34-35,44H,1,18-22H2,2-6H3,(H,39,45)/t25-,34+,35-,38+/m1/s1. The molecule has 0 unspecified atom stereocenters. The number of nitrogens with one attached hydrogen (secondary N) is 1. The van der Waals surface area contributed by atoms with Crippen LogP contribution >= 0.6 is 0 Å². The van der Waals surface area contributed by atoms with Crippen LogP contribution in [0.5, 0.6) is 11.5 Å². The minimum Gasteiger partial charge on any atom is -0.497 e. The highest BCUT2D eigenvalue weighted by molar-refractivity contribution is 6.91. The Morgan fingerprint density at radius 3 is 2.40 bits per heavy atom. The van der Waals surface area contributed by atoms with Crippen molar-refractivity contribution >= 4 is 36.4 Å². The molecule has 2 amide bonds. The van der Waals surface area contributed by atoms with Crippen molar-refractivity contribution in [3.05, 3.63) is 102 Å². The summed E-state index contributed by atoms with van der Waals surface area (Å²) in [5.41, 5.74) is 2.00. The van der Waals surface area contributed by atoms with Gasteiger partial charge in [0, 0.05) is 55.0 Å². The van der Waals surface area contributed by atoms with Crippen LogP contribution in [-0.2, 0) is 28.1 Å². The Morgan fingerprint density at radius 1 is 1.08 bits per heavy atom. The van der Waals surface area contributed by atoms with Crippen LogP contribution in [0.1, 0.15) is 35.0 Å². The van der Waals surface area contributed by atoms with Crippen LogP contribution in [0, 0.1) is 5.92 Å². The number of carbonyl (C=O) groups excluding carboxylic acids is 2. The number of hydrogen-bond acceptors (Lipinski definition) is 8. The fourth-order valence-electron chi connectivity index (χ4n) is 7.85. The van der Waals surface area contributed by atoms with Crippen LogP contribution in [0.15, 0.2) is 85.6 Å². The summed E-state index contributed by atoms with van der Waals surface area (Å²) in [6.07, 6.45) is 4.31. The van der Waals surface area contributed by atoms with Gasteiger partial charge < -0.3 is 29.5 Å². The number of methoxy groups -OCH3 is 2. The molecule has 6 rings (SSSR count). The van der Waals surface area contributed by atoms with E-state index in [2.05, 4.69) is 54.4 Å². The second kappa shape index (κ2) is 14.2. The van der Waals surface area contributed by atoms with E-state index >= 15 is 0 Å². The summed E-state index contributed by atoms with van der Waals surface area (Å²) in [4.78, 5) is 29.9. The minimum atomic E-state index is -2.36. The number of aromatic nitrogens is 3. The van der Waals surface area contributed by atoms with E-state index in [4.69, 9.17) is 14.2 Å². The third-order valence-electron chi connectivity index (χ3n) is 10.4.